The lowest BCUT2D eigenvalue weighted by atomic mass is 10.2. The second-order valence-electron chi connectivity index (χ2n) is 8.54. The van der Waals surface area contributed by atoms with Gasteiger partial charge in [0, 0.05) is 44.2 Å². The number of guanidine groups is 1. The van der Waals surface area contributed by atoms with E-state index in [0.29, 0.717) is 19.0 Å². The van der Waals surface area contributed by atoms with Crippen molar-refractivity contribution >= 4 is 41.5 Å². The van der Waals surface area contributed by atoms with Crippen LogP contribution in [-0.4, -0.2) is 55.5 Å². The molecule has 180 valence electrons. The van der Waals surface area contributed by atoms with Gasteiger partial charge in [-0.3, -0.25) is 9.69 Å². The van der Waals surface area contributed by atoms with Crippen molar-refractivity contribution in [3.63, 3.8) is 0 Å². The molecule has 1 aromatic heterocycles. The highest BCUT2D eigenvalue weighted by molar-refractivity contribution is 14.0. The van der Waals surface area contributed by atoms with Gasteiger partial charge in [0.25, 0.3) is 0 Å². The van der Waals surface area contributed by atoms with Crippen LogP contribution in [0.15, 0.2) is 52.1 Å². The maximum atomic E-state index is 12.0. The minimum atomic E-state index is 0. The Hall–Kier alpha value is -2.07. The fourth-order valence-electron chi connectivity index (χ4n) is 4.56. The molecule has 33 heavy (non-hydrogen) atoms. The molecule has 2 aromatic rings. The zero-order valence-electron chi connectivity index (χ0n) is 19.5. The molecule has 1 atom stereocenters. The number of rotatable bonds is 9. The monoisotopic (exact) mass is 565 g/mol. The van der Waals surface area contributed by atoms with Crippen LogP contribution in [0.4, 0.5) is 5.69 Å². The number of furan rings is 1. The number of nitrogens with one attached hydrogen (secondary N) is 2. The molecule has 0 spiro atoms. The van der Waals surface area contributed by atoms with Crippen molar-refractivity contribution in [3.8, 4) is 0 Å². The summed E-state index contributed by atoms with van der Waals surface area (Å²) in [5.74, 6) is 2.02. The molecule has 1 unspecified atom stereocenters. The van der Waals surface area contributed by atoms with Crippen molar-refractivity contribution in [1.29, 1.82) is 0 Å². The van der Waals surface area contributed by atoms with Crippen LogP contribution in [0.1, 0.15) is 43.9 Å². The van der Waals surface area contributed by atoms with E-state index in [1.165, 1.54) is 19.4 Å². The first-order chi connectivity index (χ1) is 15.7. The van der Waals surface area contributed by atoms with Crippen molar-refractivity contribution in [2.75, 3.05) is 37.6 Å². The van der Waals surface area contributed by atoms with Gasteiger partial charge in [-0.2, -0.15) is 0 Å². The Morgan fingerprint density at radius 1 is 1.15 bits per heavy atom. The fourth-order valence-corrected chi connectivity index (χ4v) is 4.56. The number of hydrogen-bond acceptors (Lipinski definition) is 4. The molecule has 0 saturated carbocycles. The van der Waals surface area contributed by atoms with Crippen LogP contribution in [0.3, 0.4) is 0 Å². The van der Waals surface area contributed by atoms with E-state index in [9.17, 15) is 4.79 Å². The molecule has 0 radical (unpaired) electrons. The summed E-state index contributed by atoms with van der Waals surface area (Å²) in [7, 11) is 0. The predicted octanol–water partition coefficient (Wildman–Crippen LogP) is 3.79. The molecule has 2 fully saturated rings. The summed E-state index contributed by atoms with van der Waals surface area (Å²) >= 11 is 0. The third-order valence-electron chi connectivity index (χ3n) is 6.40. The Labute approximate surface area is 214 Å². The molecular formula is C25H36IN5O2. The molecule has 7 nitrogen and oxygen atoms in total. The number of aliphatic imine (C=N–C) groups is 1. The number of amides is 1. The first-order valence-electron chi connectivity index (χ1n) is 11.9. The lowest BCUT2D eigenvalue weighted by molar-refractivity contribution is -0.117. The van der Waals surface area contributed by atoms with E-state index >= 15 is 0 Å². The van der Waals surface area contributed by atoms with Crippen molar-refractivity contribution in [3.05, 3.63) is 54.0 Å². The molecule has 0 bridgehead atoms. The Kier molecular flexibility index (Phi) is 10.1. The van der Waals surface area contributed by atoms with E-state index < -0.39 is 0 Å². The molecule has 3 heterocycles. The maximum Gasteiger partial charge on any atom is 0.227 e. The van der Waals surface area contributed by atoms with E-state index in [1.54, 1.807) is 6.26 Å². The van der Waals surface area contributed by atoms with Gasteiger partial charge in [-0.15, -0.1) is 24.0 Å². The third kappa shape index (κ3) is 7.20. The van der Waals surface area contributed by atoms with Gasteiger partial charge in [0.1, 0.15) is 5.76 Å². The molecule has 1 amide bonds. The SMILES string of the molecule is CCN1CCCC1CNC(=NCc1ccc(N2CCCC2=O)cc1)NCCc1ccco1.I. The molecule has 2 saturated heterocycles. The Bertz CT molecular complexity index is 885. The minimum Gasteiger partial charge on any atom is -0.469 e. The number of likely N-dealkylation sites (N-methyl/N-ethyl adjacent to an activating group) is 1. The highest BCUT2D eigenvalue weighted by atomic mass is 127. The number of hydrogen-bond donors (Lipinski definition) is 2. The summed E-state index contributed by atoms with van der Waals surface area (Å²) < 4.78 is 5.44. The molecule has 4 rings (SSSR count). The van der Waals surface area contributed by atoms with Crippen molar-refractivity contribution < 1.29 is 9.21 Å². The summed E-state index contributed by atoms with van der Waals surface area (Å²) in [5.41, 5.74) is 2.11. The smallest absolute Gasteiger partial charge is 0.227 e. The van der Waals surface area contributed by atoms with Crippen molar-refractivity contribution in [1.82, 2.24) is 15.5 Å². The average Bonchev–Trinajstić information content (AvgIpc) is 3.58. The van der Waals surface area contributed by atoms with Gasteiger partial charge in [-0.1, -0.05) is 19.1 Å². The number of nitrogens with zero attached hydrogens (tertiary/aromatic N) is 3. The second kappa shape index (κ2) is 13.0. The Balaban J connectivity index is 0.00000306. The number of carbonyl (C=O) groups is 1. The van der Waals surface area contributed by atoms with Gasteiger partial charge in [0.05, 0.1) is 12.8 Å². The lowest BCUT2D eigenvalue weighted by Gasteiger charge is -2.24. The van der Waals surface area contributed by atoms with Crippen LogP contribution in [-0.2, 0) is 17.8 Å². The molecule has 0 aliphatic carbocycles. The van der Waals surface area contributed by atoms with Gasteiger partial charge >= 0.3 is 0 Å². The fraction of sp³-hybridized carbons (Fsp3) is 0.520. The quantitative estimate of drug-likeness (QED) is 0.275. The van der Waals surface area contributed by atoms with E-state index in [1.807, 2.05) is 29.2 Å². The van der Waals surface area contributed by atoms with Crippen LogP contribution in [0.2, 0.25) is 0 Å². The number of likely N-dealkylation sites (tertiary alicyclic amines) is 1. The Morgan fingerprint density at radius 2 is 2.00 bits per heavy atom. The first-order valence-corrected chi connectivity index (χ1v) is 11.9. The van der Waals surface area contributed by atoms with Crippen molar-refractivity contribution in [2.24, 2.45) is 4.99 Å². The summed E-state index contributed by atoms with van der Waals surface area (Å²) in [6, 6.07) is 12.7. The minimum absolute atomic E-state index is 0. The summed E-state index contributed by atoms with van der Waals surface area (Å²) in [6.45, 7) is 7.58. The molecule has 1 aromatic carbocycles. The number of carbonyl (C=O) groups excluding carboxylic acids is 1. The first kappa shape index (κ1) is 25.6. The maximum absolute atomic E-state index is 12.0. The van der Waals surface area contributed by atoms with Crippen LogP contribution >= 0.6 is 24.0 Å². The predicted molar refractivity (Wildman–Crippen MR) is 143 cm³/mol. The van der Waals surface area contributed by atoms with Crippen LogP contribution < -0.4 is 15.5 Å². The normalized spacial score (nSPS) is 19.1. The molecule has 8 heteroatoms. The largest absolute Gasteiger partial charge is 0.469 e. The standard InChI is InChI=1S/C25H35N5O2.HI/c1-2-29-15-3-6-22(29)19-28-25(26-14-13-23-7-5-17-32-23)27-18-20-9-11-21(12-10-20)30-16-4-8-24(30)31;/h5,7,9-12,17,22H,2-4,6,8,13-16,18-19H2,1H3,(H2,26,27,28);1H. The number of benzene rings is 1. The topological polar surface area (TPSA) is 73.1 Å². The van der Waals surface area contributed by atoms with Crippen molar-refractivity contribution in [2.45, 2.75) is 51.6 Å². The highest BCUT2D eigenvalue weighted by Crippen LogP contribution is 2.21. The summed E-state index contributed by atoms with van der Waals surface area (Å²) in [6.07, 6.45) is 6.63. The highest BCUT2D eigenvalue weighted by Gasteiger charge is 2.23. The lowest BCUT2D eigenvalue weighted by Crippen LogP contribution is -2.45. The number of halogens is 1. The zero-order valence-corrected chi connectivity index (χ0v) is 21.8. The van der Waals surface area contributed by atoms with Gasteiger partial charge < -0.3 is 20.0 Å². The molecule has 2 aliphatic heterocycles. The van der Waals surface area contributed by atoms with Gasteiger partial charge in [0.15, 0.2) is 5.96 Å². The van der Waals surface area contributed by atoms with E-state index in [0.717, 1.165) is 62.0 Å². The van der Waals surface area contributed by atoms with E-state index in [4.69, 9.17) is 9.41 Å². The van der Waals surface area contributed by atoms with E-state index in [-0.39, 0.29) is 29.9 Å². The van der Waals surface area contributed by atoms with Gasteiger partial charge in [-0.25, -0.2) is 4.99 Å². The molecule has 2 aliphatic rings. The Morgan fingerprint density at radius 3 is 2.70 bits per heavy atom. The average molecular weight is 566 g/mol. The van der Waals surface area contributed by atoms with Gasteiger partial charge in [0.2, 0.25) is 5.91 Å². The van der Waals surface area contributed by atoms with Gasteiger partial charge in [-0.05, 0) is 62.2 Å². The van der Waals surface area contributed by atoms with Crippen LogP contribution in [0.5, 0.6) is 0 Å². The molecule has 2 N–H and O–H groups in total. The summed E-state index contributed by atoms with van der Waals surface area (Å²) in [4.78, 5) is 21.2. The zero-order chi connectivity index (χ0) is 22.2. The van der Waals surface area contributed by atoms with E-state index in [2.05, 4.69) is 34.6 Å². The summed E-state index contributed by atoms with van der Waals surface area (Å²) in [5, 5.41) is 7.01. The third-order valence-corrected chi connectivity index (χ3v) is 6.40. The molecular weight excluding hydrogens is 529 g/mol. The number of anilines is 1. The van der Waals surface area contributed by atoms with Crippen LogP contribution in [0, 0.1) is 0 Å². The van der Waals surface area contributed by atoms with Crippen LogP contribution in [0.25, 0.3) is 0 Å². The second-order valence-corrected chi connectivity index (χ2v) is 8.54.